The van der Waals surface area contributed by atoms with Crippen molar-refractivity contribution >= 4 is 33.7 Å². The number of thiophene rings is 1. The highest BCUT2D eigenvalue weighted by Gasteiger charge is 2.18. The van der Waals surface area contributed by atoms with E-state index in [0.29, 0.717) is 16.2 Å². The van der Waals surface area contributed by atoms with Crippen LogP contribution in [0.15, 0.2) is 47.6 Å². The SMILES string of the molecule is C/C(=N\NC(=O)c1cc2c(s1)CCC2)c1ccc2ccccc2c1O. The van der Waals surface area contributed by atoms with Gasteiger partial charge >= 0.3 is 0 Å². The Morgan fingerprint density at radius 3 is 2.88 bits per heavy atom. The monoisotopic (exact) mass is 350 g/mol. The Hall–Kier alpha value is -2.66. The van der Waals surface area contributed by atoms with Crippen LogP contribution in [-0.4, -0.2) is 16.7 Å². The maximum absolute atomic E-state index is 12.3. The number of carbonyl (C=O) groups is 1. The van der Waals surface area contributed by atoms with E-state index in [1.54, 1.807) is 18.3 Å². The van der Waals surface area contributed by atoms with Crippen LogP contribution in [0, 0.1) is 0 Å². The first-order chi connectivity index (χ1) is 12.1. The number of carbonyl (C=O) groups excluding carboxylic acids is 1. The lowest BCUT2D eigenvalue weighted by Gasteiger charge is -2.08. The Morgan fingerprint density at radius 2 is 2.04 bits per heavy atom. The molecule has 1 aromatic heterocycles. The van der Waals surface area contributed by atoms with E-state index in [9.17, 15) is 9.90 Å². The number of hydrogen-bond acceptors (Lipinski definition) is 4. The molecule has 25 heavy (non-hydrogen) atoms. The lowest BCUT2D eigenvalue weighted by molar-refractivity contribution is 0.0959. The second-order valence-corrected chi connectivity index (χ2v) is 7.37. The number of aryl methyl sites for hydroxylation is 2. The van der Waals surface area contributed by atoms with Crippen molar-refractivity contribution in [2.24, 2.45) is 5.10 Å². The van der Waals surface area contributed by atoms with E-state index in [2.05, 4.69) is 10.5 Å². The van der Waals surface area contributed by atoms with Gasteiger partial charge in [-0.3, -0.25) is 4.79 Å². The van der Waals surface area contributed by atoms with Gasteiger partial charge in [-0.1, -0.05) is 30.3 Å². The van der Waals surface area contributed by atoms with E-state index < -0.39 is 0 Å². The summed E-state index contributed by atoms with van der Waals surface area (Å²) in [6.45, 7) is 1.78. The number of fused-ring (bicyclic) bond motifs is 2. The lowest BCUT2D eigenvalue weighted by Crippen LogP contribution is -2.18. The van der Waals surface area contributed by atoms with Gasteiger partial charge < -0.3 is 5.11 Å². The number of hydrogen-bond donors (Lipinski definition) is 2. The van der Waals surface area contributed by atoms with E-state index >= 15 is 0 Å². The van der Waals surface area contributed by atoms with E-state index in [1.807, 2.05) is 42.5 Å². The molecule has 0 aliphatic heterocycles. The Kier molecular flexibility index (Phi) is 4.01. The number of amides is 1. The molecule has 1 aliphatic rings. The summed E-state index contributed by atoms with van der Waals surface area (Å²) in [6.07, 6.45) is 3.31. The predicted molar refractivity (Wildman–Crippen MR) is 102 cm³/mol. The van der Waals surface area contributed by atoms with Gasteiger partial charge in [0.15, 0.2) is 0 Å². The molecular weight excluding hydrogens is 332 g/mol. The maximum atomic E-state index is 12.3. The van der Waals surface area contributed by atoms with Crippen molar-refractivity contribution in [3.05, 3.63) is 63.3 Å². The second-order valence-electron chi connectivity index (χ2n) is 6.23. The molecule has 126 valence electrons. The van der Waals surface area contributed by atoms with E-state index in [-0.39, 0.29) is 11.7 Å². The number of aromatic hydroxyl groups is 1. The Bertz CT molecular complexity index is 983. The van der Waals surface area contributed by atoms with Crippen molar-refractivity contribution in [3.8, 4) is 5.75 Å². The van der Waals surface area contributed by atoms with Gasteiger partial charge in [0.2, 0.25) is 0 Å². The van der Waals surface area contributed by atoms with Crippen LogP contribution in [0.2, 0.25) is 0 Å². The molecule has 3 aromatic rings. The normalized spacial score (nSPS) is 13.9. The molecule has 2 aromatic carbocycles. The zero-order valence-corrected chi connectivity index (χ0v) is 14.7. The molecule has 0 atom stereocenters. The van der Waals surface area contributed by atoms with Gasteiger partial charge in [-0.05, 0) is 49.3 Å². The summed E-state index contributed by atoms with van der Waals surface area (Å²) in [5, 5.41) is 16.4. The predicted octanol–water partition coefficient (Wildman–Crippen LogP) is 4.25. The fraction of sp³-hybridized carbons (Fsp3) is 0.200. The molecule has 0 saturated carbocycles. The number of phenolic OH excluding ortho intramolecular Hbond substituents is 1. The third kappa shape index (κ3) is 2.91. The summed E-state index contributed by atoms with van der Waals surface area (Å²) in [7, 11) is 0. The van der Waals surface area contributed by atoms with Crippen LogP contribution in [0.4, 0.5) is 0 Å². The number of rotatable bonds is 3. The van der Waals surface area contributed by atoms with Crippen molar-refractivity contribution in [1.29, 1.82) is 0 Å². The van der Waals surface area contributed by atoms with Crippen molar-refractivity contribution in [3.63, 3.8) is 0 Å². The topological polar surface area (TPSA) is 61.7 Å². The highest BCUT2D eigenvalue weighted by Crippen LogP contribution is 2.31. The zero-order chi connectivity index (χ0) is 17.4. The minimum Gasteiger partial charge on any atom is -0.507 e. The van der Waals surface area contributed by atoms with Crippen molar-refractivity contribution in [1.82, 2.24) is 5.43 Å². The highest BCUT2D eigenvalue weighted by atomic mass is 32.1. The molecular formula is C20H18N2O2S. The molecule has 5 heteroatoms. The average Bonchev–Trinajstić information content (AvgIpc) is 3.22. The first-order valence-electron chi connectivity index (χ1n) is 8.31. The van der Waals surface area contributed by atoms with E-state index in [0.717, 1.165) is 23.6 Å². The summed E-state index contributed by atoms with van der Waals surface area (Å²) in [6, 6.07) is 13.4. The smallest absolute Gasteiger partial charge is 0.281 e. The lowest BCUT2D eigenvalue weighted by atomic mass is 10.0. The first kappa shape index (κ1) is 15.8. The number of nitrogens with zero attached hydrogens (tertiary/aromatic N) is 1. The van der Waals surface area contributed by atoms with Crippen molar-refractivity contribution in [2.45, 2.75) is 26.2 Å². The van der Waals surface area contributed by atoms with Crippen LogP contribution in [0.25, 0.3) is 10.8 Å². The summed E-state index contributed by atoms with van der Waals surface area (Å²) >= 11 is 1.55. The van der Waals surface area contributed by atoms with E-state index in [1.165, 1.54) is 16.9 Å². The van der Waals surface area contributed by atoms with Gasteiger partial charge in [-0.2, -0.15) is 5.10 Å². The summed E-state index contributed by atoms with van der Waals surface area (Å²) < 4.78 is 0. The van der Waals surface area contributed by atoms with Crippen molar-refractivity contribution < 1.29 is 9.90 Å². The van der Waals surface area contributed by atoms with Crippen LogP contribution >= 0.6 is 11.3 Å². The van der Waals surface area contributed by atoms with Gasteiger partial charge in [-0.25, -0.2) is 5.43 Å². The fourth-order valence-electron chi connectivity index (χ4n) is 3.24. The number of benzene rings is 2. The van der Waals surface area contributed by atoms with Crippen LogP contribution in [0.5, 0.6) is 5.75 Å². The molecule has 0 saturated heterocycles. The number of phenols is 1. The molecule has 4 nitrogen and oxygen atoms in total. The average molecular weight is 350 g/mol. The minimum absolute atomic E-state index is 0.184. The van der Waals surface area contributed by atoms with Crippen molar-refractivity contribution in [2.75, 3.05) is 0 Å². The maximum Gasteiger partial charge on any atom is 0.281 e. The fourth-order valence-corrected chi connectivity index (χ4v) is 4.38. The van der Waals surface area contributed by atoms with Gasteiger partial charge in [-0.15, -0.1) is 11.3 Å². The van der Waals surface area contributed by atoms with Crippen LogP contribution in [0.3, 0.4) is 0 Å². The minimum atomic E-state index is -0.195. The second kappa shape index (κ2) is 6.33. The van der Waals surface area contributed by atoms with E-state index in [4.69, 9.17) is 0 Å². The van der Waals surface area contributed by atoms with Gasteiger partial charge in [0.1, 0.15) is 5.75 Å². The molecule has 0 spiro atoms. The standard InChI is InChI=1S/C20H18N2O2S/c1-12(15-10-9-13-5-2-3-7-16(13)19(15)23)21-22-20(24)18-11-14-6-4-8-17(14)25-18/h2-3,5,7,9-11,23H,4,6,8H2,1H3,(H,22,24)/b21-12+. The van der Waals surface area contributed by atoms with Gasteiger partial charge in [0.05, 0.1) is 10.6 Å². The van der Waals surface area contributed by atoms with Crippen LogP contribution in [0.1, 0.15) is 39.0 Å². The summed E-state index contributed by atoms with van der Waals surface area (Å²) in [5.74, 6) is -0.0114. The molecule has 1 heterocycles. The third-order valence-corrected chi connectivity index (χ3v) is 5.82. The Labute approximate surface area is 149 Å². The quantitative estimate of drug-likeness (QED) is 0.548. The highest BCUT2D eigenvalue weighted by molar-refractivity contribution is 7.14. The molecule has 2 N–H and O–H groups in total. The molecule has 1 amide bonds. The summed E-state index contributed by atoms with van der Waals surface area (Å²) in [4.78, 5) is 14.3. The van der Waals surface area contributed by atoms with Gasteiger partial charge in [0, 0.05) is 15.8 Å². The molecule has 0 bridgehead atoms. The molecule has 1 aliphatic carbocycles. The molecule has 0 radical (unpaired) electrons. The molecule has 0 fully saturated rings. The summed E-state index contributed by atoms with van der Waals surface area (Å²) in [5.41, 5.74) is 5.09. The van der Waals surface area contributed by atoms with Crippen LogP contribution in [-0.2, 0) is 12.8 Å². The molecule has 0 unspecified atom stereocenters. The first-order valence-corrected chi connectivity index (χ1v) is 9.12. The Balaban J connectivity index is 1.56. The van der Waals surface area contributed by atoms with Gasteiger partial charge in [0.25, 0.3) is 5.91 Å². The Morgan fingerprint density at radius 1 is 1.20 bits per heavy atom. The number of hydrazone groups is 1. The van der Waals surface area contributed by atoms with Crippen LogP contribution < -0.4 is 5.43 Å². The largest absolute Gasteiger partial charge is 0.507 e. The third-order valence-electron chi connectivity index (χ3n) is 4.59. The zero-order valence-electron chi connectivity index (χ0n) is 13.9. The molecule has 4 rings (SSSR count). The number of nitrogens with one attached hydrogen (secondary N) is 1.